The Balaban J connectivity index is 1.59. The summed E-state index contributed by atoms with van der Waals surface area (Å²) in [5, 5.41) is 4.08. The fourth-order valence-corrected chi connectivity index (χ4v) is 5.27. The Morgan fingerprint density at radius 1 is 1.02 bits per heavy atom. The quantitative estimate of drug-likeness (QED) is 0.320. The molecule has 0 radical (unpaired) electrons. The van der Waals surface area contributed by atoms with Crippen molar-refractivity contribution in [3.05, 3.63) is 87.6 Å². The summed E-state index contributed by atoms with van der Waals surface area (Å²) >= 11 is 0. The summed E-state index contributed by atoms with van der Waals surface area (Å²) in [6.07, 6.45) is 7.14. The first kappa shape index (κ1) is 27.1. The smallest absolute Gasteiger partial charge is 0.266 e. The number of hydrogen-bond donors (Lipinski definition) is 2. The van der Waals surface area contributed by atoms with Crippen molar-refractivity contribution in [2.24, 2.45) is 0 Å². The predicted molar refractivity (Wildman–Crippen MR) is 159 cm³/mol. The molecule has 1 atom stereocenters. The largest absolute Gasteiger partial charge is 0.368 e. The van der Waals surface area contributed by atoms with Crippen molar-refractivity contribution < 1.29 is 4.79 Å². The zero-order valence-corrected chi connectivity index (χ0v) is 23.2. The van der Waals surface area contributed by atoms with Crippen LogP contribution < -0.4 is 16.6 Å². The molecule has 1 aliphatic rings. The second kappa shape index (κ2) is 11.7. The van der Waals surface area contributed by atoms with E-state index in [1.807, 2.05) is 74.2 Å². The lowest BCUT2D eigenvalue weighted by Gasteiger charge is -2.25. The van der Waals surface area contributed by atoms with Crippen LogP contribution >= 0.6 is 0 Å². The van der Waals surface area contributed by atoms with E-state index in [1.54, 1.807) is 16.7 Å². The van der Waals surface area contributed by atoms with E-state index in [0.717, 1.165) is 43.6 Å². The van der Waals surface area contributed by atoms with Gasteiger partial charge < -0.3 is 16.0 Å². The lowest BCUT2D eigenvalue weighted by molar-refractivity contribution is -0.126. The van der Waals surface area contributed by atoms with Gasteiger partial charge in [-0.15, -0.1) is 0 Å². The molecule has 0 spiro atoms. The van der Waals surface area contributed by atoms with E-state index in [1.165, 1.54) is 0 Å². The Morgan fingerprint density at radius 2 is 1.77 bits per heavy atom. The lowest BCUT2D eigenvalue weighted by Crippen LogP contribution is -2.34. The zero-order chi connectivity index (χ0) is 28.2. The van der Waals surface area contributed by atoms with Gasteiger partial charge >= 0.3 is 0 Å². The number of anilines is 2. The minimum Gasteiger partial charge on any atom is -0.368 e. The van der Waals surface area contributed by atoms with Crippen LogP contribution in [0.2, 0.25) is 0 Å². The molecule has 206 valence electrons. The molecule has 1 unspecified atom stereocenters. The molecule has 0 saturated carbocycles. The molecule has 9 nitrogen and oxygen atoms in total. The van der Waals surface area contributed by atoms with Gasteiger partial charge in [0.15, 0.2) is 0 Å². The summed E-state index contributed by atoms with van der Waals surface area (Å²) in [7, 11) is 0. The molecule has 40 heavy (non-hydrogen) atoms. The van der Waals surface area contributed by atoms with Crippen molar-refractivity contribution in [2.75, 3.05) is 24.1 Å². The second-order valence-electron chi connectivity index (χ2n) is 10.2. The van der Waals surface area contributed by atoms with Crippen molar-refractivity contribution in [3.63, 3.8) is 0 Å². The van der Waals surface area contributed by atoms with Gasteiger partial charge in [-0.25, -0.2) is 9.97 Å². The molecule has 3 N–H and O–H groups in total. The molecule has 0 aliphatic carbocycles. The van der Waals surface area contributed by atoms with Crippen molar-refractivity contribution in [1.29, 1.82) is 0 Å². The fraction of sp³-hybridized carbons (Fsp3) is 0.323. The Kier molecular flexibility index (Phi) is 7.91. The number of aryl methyl sites for hydroxylation is 2. The molecule has 1 saturated heterocycles. The maximum Gasteiger partial charge on any atom is 0.266 e. The second-order valence-corrected chi connectivity index (χ2v) is 10.2. The first-order valence-electron chi connectivity index (χ1n) is 13.8. The number of carbonyl (C=O) groups is 1. The molecule has 4 aromatic rings. The highest BCUT2D eigenvalue weighted by molar-refractivity contribution is 5.93. The average Bonchev–Trinajstić information content (AvgIpc) is 2.96. The number of rotatable bonds is 7. The molecule has 0 bridgehead atoms. The standard InChI is InChI=1S/C31H35N7O2/c1-4-24(29-35-25-15-11-12-20(2)27(25)30(40)38(29)22-13-7-5-8-14-22)34-28-23(21(3)33-31(32)36-28)16-17-26(39)37-18-9-6-10-19-37/h5,7-8,11-17,24H,4,6,9-10,18-19H2,1-3H3,(H3,32,33,34,36)/b17-16+. The fourth-order valence-electron chi connectivity index (χ4n) is 5.27. The summed E-state index contributed by atoms with van der Waals surface area (Å²) in [6, 6.07) is 14.8. The molecule has 9 heteroatoms. The van der Waals surface area contributed by atoms with E-state index in [-0.39, 0.29) is 17.4 Å². The number of aromatic nitrogens is 4. The van der Waals surface area contributed by atoms with Gasteiger partial charge in [-0.2, -0.15) is 4.98 Å². The van der Waals surface area contributed by atoms with E-state index in [2.05, 4.69) is 15.3 Å². The topological polar surface area (TPSA) is 119 Å². The highest BCUT2D eigenvalue weighted by atomic mass is 16.2. The Morgan fingerprint density at radius 3 is 2.50 bits per heavy atom. The molecule has 5 rings (SSSR count). The highest BCUT2D eigenvalue weighted by Gasteiger charge is 2.23. The van der Waals surface area contributed by atoms with Gasteiger partial charge in [0.05, 0.1) is 28.3 Å². The van der Waals surface area contributed by atoms with E-state index in [0.29, 0.717) is 40.2 Å². The minimum atomic E-state index is -0.392. The third-order valence-corrected chi connectivity index (χ3v) is 7.39. The number of likely N-dealkylation sites (tertiary alicyclic amines) is 1. The van der Waals surface area contributed by atoms with Crippen LogP contribution in [0.4, 0.5) is 11.8 Å². The van der Waals surface area contributed by atoms with Gasteiger partial charge in [0.25, 0.3) is 5.56 Å². The van der Waals surface area contributed by atoms with Crippen LogP contribution in [0.1, 0.15) is 61.3 Å². The third kappa shape index (κ3) is 5.45. The molecule has 1 aliphatic heterocycles. The number of nitrogens with zero attached hydrogens (tertiary/aromatic N) is 5. The molecule has 1 fully saturated rings. The Labute approximate surface area is 233 Å². The number of amides is 1. The van der Waals surface area contributed by atoms with Crippen LogP contribution in [0.25, 0.3) is 22.7 Å². The number of piperidine rings is 1. The number of para-hydroxylation sites is 1. The zero-order valence-electron chi connectivity index (χ0n) is 23.2. The van der Waals surface area contributed by atoms with Crippen molar-refractivity contribution in [2.45, 2.75) is 52.5 Å². The van der Waals surface area contributed by atoms with Gasteiger partial charge in [0.1, 0.15) is 11.6 Å². The maximum absolute atomic E-state index is 13.9. The SMILES string of the molecule is CCC(Nc1nc(N)nc(C)c1/C=C/C(=O)N1CCCCC1)c1nc2cccc(C)c2c(=O)n1-c1ccccc1. The van der Waals surface area contributed by atoms with Crippen molar-refractivity contribution in [1.82, 2.24) is 24.4 Å². The number of nitrogens with one attached hydrogen (secondary N) is 1. The highest BCUT2D eigenvalue weighted by Crippen LogP contribution is 2.28. The first-order chi connectivity index (χ1) is 19.4. The molecule has 3 heterocycles. The maximum atomic E-state index is 13.9. The van der Waals surface area contributed by atoms with Gasteiger partial charge in [0, 0.05) is 24.7 Å². The average molecular weight is 538 g/mol. The molecule has 2 aromatic carbocycles. The number of nitrogen functional groups attached to an aromatic ring is 1. The van der Waals surface area contributed by atoms with Crippen molar-refractivity contribution in [3.8, 4) is 5.69 Å². The number of fused-ring (bicyclic) bond motifs is 1. The molecular formula is C31H35N7O2. The summed E-state index contributed by atoms with van der Waals surface area (Å²) in [5.41, 5.74) is 9.49. The Hall–Kier alpha value is -4.53. The third-order valence-electron chi connectivity index (χ3n) is 7.39. The minimum absolute atomic E-state index is 0.0293. The molecule has 1 amide bonds. The summed E-state index contributed by atoms with van der Waals surface area (Å²) in [5.74, 6) is 1.14. The van der Waals surface area contributed by atoms with Crippen LogP contribution in [0.5, 0.6) is 0 Å². The van der Waals surface area contributed by atoms with Gasteiger partial charge in [-0.1, -0.05) is 37.3 Å². The summed E-state index contributed by atoms with van der Waals surface area (Å²) < 4.78 is 1.67. The van der Waals surface area contributed by atoms with Crippen LogP contribution in [-0.4, -0.2) is 43.4 Å². The van der Waals surface area contributed by atoms with E-state index in [9.17, 15) is 9.59 Å². The number of hydrogen-bond acceptors (Lipinski definition) is 7. The van der Waals surface area contributed by atoms with Crippen LogP contribution in [-0.2, 0) is 4.79 Å². The monoisotopic (exact) mass is 537 g/mol. The normalized spacial score (nSPS) is 14.5. The summed E-state index contributed by atoms with van der Waals surface area (Å²) in [6.45, 7) is 7.33. The predicted octanol–water partition coefficient (Wildman–Crippen LogP) is 4.96. The molecular weight excluding hydrogens is 502 g/mol. The number of benzene rings is 2. The number of carbonyl (C=O) groups excluding carboxylic acids is 1. The van der Waals surface area contributed by atoms with E-state index in [4.69, 9.17) is 10.7 Å². The number of nitrogens with two attached hydrogens (primary N) is 1. The molecule has 2 aromatic heterocycles. The van der Waals surface area contributed by atoms with E-state index < -0.39 is 6.04 Å². The Bertz CT molecular complexity index is 1620. The van der Waals surface area contributed by atoms with E-state index >= 15 is 0 Å². The van der Waals surface area contributed by atoms with Crippen LogP contribution in [0.15, 0.2) is 59.4 Å². The lowest BCUT2D eigenvalue weighted by atomic mass is 10.1. The van der Waals surface area contributed by atoms with Gasteiger partial charge in [-0.05, 0) is 69.4 Å². The summed E-state index contributed by atoms with van der Waals surface area (Å²) in [4.78, 5) is 42.5. The van der Waals surface area contributed by atoms with Gasteiger partial charge in [0.2, 0.25) is 11.9 Å². The van der Waals surface area contributed by atoms with Crippen LogP contribution in [0.3, 0.4) is 0 Å². The first-order valence-corrected chi connectivity index (χ1v) is 13.8. The van der Waals surface area contributed by atoms with Crippen LogP contribution in [0, 0.1) is 13.8 Å². The van der Waals surface area contributed by atoms with Crippen molar-refractivity contribution >= 4 is 34.7 Å². The van der Waals surface area contributed by atoms with Gasteiger partial charge in [-0.3, -0.25) is 14.2 Å².